The molecule has 0 atom stereocenters. The van der Waals surface area contributed by atoms with Crippen molar-refractivity contribution < 1.29 is 22.6 Å². The molecular formula is C8H8F3IN2O2. The van der Waals surface area contributed by atoms with Crippen LogP contribution < -0.4 is 15.2 Å². The van der Waals surface area contributed by atoms with Crippen LogP contribution >= 0.6 is 22.6 Å². The minimum absolute atomic E-state index is 0.0425. The highest BCUT2D eigenvalue weighted by atomic mass is 127. The highest BCUT2D eigenvalue weighted by Gasteiger charge is 2.32. The number of aromatic nitrogens is 1. The molecule has 0 bridgehead atoms. The first-order valence-electron chi connectivity index (χ1n) is 4.06. The van der Waals surface area contributed by atoms with Crippen molar-refractivity contribution in [3.05, 3.63) is 15.3 Å². The Morgan fingerprint density at radius 1 is 1.50 bits per heavy atom. The molecule has 0 aromatic carbocycles. The summed E-state index contributed by atoms with van der Waals surface area (Å²) in [6, 6.07) is 1.05. The second-order valence-corrected chi connectivity index (χ2v) is 3.71. The van der Waals surface area contributed by atoms with Gasteiger partial charge in [-0.25, -0.2) is 4.98 Å². The van der Waals surface area contributed by atoms with Gasteiger partial charge in [-0.3, -0.25) is 0 Å². The van der Waals surface area contributed by atoms with Crippen LogP contribution in [-0.4, -0.2) is 18.5 Å². The Labute approximate surface area is 103 Å². The van der Waals surface area contributed by atoms with E-state index in [1.165, 1.54) is 7.11 Å². The van der Waals surface area contributed by atoms with E-state index in [0.29, 0.717) is 3.70 Å². The highest BCUT2D eigenvalue weighted by molar-refractivity contribution is 14.1. The molecule has 0 amide bonds. The van der Waals surface area contributed by atoms with Gasteiger partial charge in [0.2, 0.25) is 5.88 Å². The van der Waals surface area contributed by atoms with E-state index in [9.17, 15) is 13.2 Å². The SMILES string of the molecule is COc1cc(OC(F)(F)F)c(CN)c(I)n1. The van der Waals surface area contributed by atoms with E-state index >= 15 is 0 Å². The Morgan fingerprint density at radius 2 is 2.12 bits per heavy atom. The van der Waals surface area contributed by atoms with Gasteiger partial charge in [-0.05, 0) is 22.6 Å². The predicted molar refractivity (Wildman–Crippen MR) is 58.1 cm³/mol. The molecule has 0 spiro atoms. The standard InChI is InChI=1S/C8H8F3IN2O2/c1-15-6-2-5(16-8(9,10)11)4(3-13)7(12)14-6/h2H,3,13H2,1H3. The zero-order valence-corrected chi connectivity index (χ0v) is 10.3. The fourth-order valence-electron chi connectivity index (χ4n) is 1.00. The largest absolute Gasteiger partial charge is 0.573 e. The maximum atomic E-state index is 12.1. The molecule has 8 heteroatoms. The van der Waals surface area contributed by atoms with Gasteiger partial charge in [0.15, 0.2) is 0 Å². The predicted octanol–water partition coefficient (Wildman–Crippen LogP) is 2.05. The quantitative estimate of drug-likeness (QED) is 0.671. The Bertz CT molecular complexity index is 384. The van der Waals surface area contributed by atoms with Gasteiger partial charge in [0.1, 0.15) is 9.45 Å². The van der Waals surface area contributed by atoms with Gasteiger partial charge in [0.25, 0.3) is 0 Å². The third-order valence-corrected chi connectivity index (χ3v) is 2.54. The molecule has 0 aliphatic carbocycles. The summed E-state index contributed by atoms with van der Waals surface area (Å²) in [6.07, 6.45) is -4.76. The van der Waals surface area contributed by atoms with E-state index in [-0.39, 0.29) is 23.7 Å². The molecular weight excluding hydrogens is 340 g/mol. The molecule has 0 fully saturated rings. The highest BCUT2D eigenvalue weighted by Crippen LogP contribution is 2.31. The Morgan fingerprint density at radius 3 is 2.56 bits per heavy atom. The van der Waals surface area contributed by atoms with E-state index < -0.39 is 6.36 Å². The number of halogens is 4. The first-order chi connectivity index (χ1) is 7.37. The van der Waals surface area contributed by atoms with Crippen LogP contribution in [0, 0.1) is 3.70 Å². The summed E-state index contributed by atoms with van der Waals surface area (Å²) in [5.41, 5.74) is 5.52. The molecule has 0 radical (unpaired) electrons. The molecule has 0 saturated heterocycles. The number of rotatable bonds is 3. The van der Waals surface area contributed by atoms with Crippen molar-refractivity contribution in [2.45, 2.75) is 12.9 Å². The van der Waals surface area contributed by atoms with Crippen LogP contribution in [0.15, 0.2) is 6.07 Å². The van der Waals surface area contributed by atoms with E-state index in [1.54, 1.807) is 22.6 Å². The van der Waals surface area contributed by atoms with Crippen LogP contribution in [0.25, 0.3) is 0 Å². The van der Waals surface area contributed by atoms with Gasteiger partial charge in [-0.1, -0.05) is 0 Å². The molecule has 0 unspecified atom stereocenters. The van der Waals surface area contributed by atoms with Crippen molar-refractivity contribution in [1.82, 2.24) is 4.98 Å². The summed E-state index contributed by atoms with van der Waals surface area (Å²) in [5.74, 6) is -0.341. The lowest BCUT2D eigenvalue weighted by atomic mass is 10.2. The van der Waals surface area contributed by atoms with E-state index in [2.05, 4.69) is 9.72 Å². The Kier molecular flexibility index (Phi) is 4.19. The average Bonchev–Trinajstić information content (AvgIpc) is 2.14. The van der Waals surface area contributed by atoms with Crippen LogP contribution in [0.4, 0.5) is 13.2 Å². The van der Waals surface area contributed by atoms with Crippen molar-refractivity contribution in [3.8, 4) is 11.6 Å². The summed E-state index contributed by atoms with van der Waals surface area (Å²) in [6.45, 7) is -0.0965. The van der Waals surface area contributed by atoms with Crippen molar-refractivity contribution in [3.63, 3.8) is 0 Å². The van der Waals surface area contributed by atoms with Crippen LogP contribution in [0.1, 0.15) is 5.56 Å². The van der Waals surface area contributed by atoms with Crippen LogP contribution in [-0.2, 0) is 6.54 Å². The maximum Gasteiger partial charge on any atom is 0.573 e. The molecule has 0 aliphatic heterocycles. The zero-order valence-electron chi connectivity index (χ0n) is 8.14. The summed E-state index contributed by atoms with van der Waals surface area (Å²) in [7, 11) is 1.30. The third-order valence-electron chi connectivity index (χ3n) is 1.65. The molecule has 0 saturated carbocycles. The normalized spacial score (nSPS) is 11.4. The molecule has 90 valence electrons. The minimum atomic E-state index is -4.76. The van der Waals surface area contributed by atoms with Gasteiger partial charge in [0.05, 0.1) is 7.11 Å². The van der Waals surface area contributed by atoms with E-state index in [0.717, 1.165) is 6.07 Å². The molecule has 2 N–H and O–H groups in total. The number of nitrogens with two attached hydrogens (primary N) is 1. The molecule has 16 heavy (non-hydrogen) atoms. The van der Waals surface area contributed by atoms with Crippen LogP contribution in [0.3, 0.4) is 0 Å². The molecule has 1 aromatic rings. The maximum absolute atomic E-state index is 12.1. The molecule has 1 rings (SSSR count). The summed E-state index contributed by atoms with van der Waals surface area (Å²) in [4.78, 5) is 3.89. The second-order valence-electron chi connectivity index (χ2n) is 2.68. The summed E-state index contributed by atoms with van der Waals surface area (Å²) in [5, 5.41) is 0. The number of hydrogen-bond donors (Lipinski definition) is 1. The lowest BCUT2D eigenvalue weighted by Gasteiger charge is -2.14. The van der Waals surface area contributed by atoms with Crippen LogP contribution in [0.5, 0.6) is 11.6 Å². The molecule has 1 heterocycles. The number of alkyl halides is 3. The zero-order chi connectivity index (χ0) is 12.3. The number of hydrogen-bond acceptors (Lipinski definition) is 4. The Hall–Kier alpha value is -0.770. The topological polar surface area (TPSA) is 57.4 Å². The molecule has 4 nitrogen and oxygen atoms in total. The van der Waals surface area contributed by atoms with E-state index in [4.69, 9.17) is 10.5 Å². The number of nitrogens with zero attached hydrogens (tertiary/aromatic N) is 1. The van der Waals surface area contributed by atoms with Crippen molar-refractivity contribution >= 4 is 22.6 Å². The van der Waals surface area contributed by atoms with Gasteiger partial charge >= 0.3 is 6.36 Å². The lowest BCUT2D eigenvalue weighted by molar-refractivity contribution is -0.275. The van der Waals surface area contributed by atoms with Crippen LogP contribution in [0.2, 0.25) is 0 Å². The number of ether oxygens (including phenoxy) is 2. The molecule has 1 aromatic heterocycles. The van der Waals surface area contributed by atoms with Gasteiger partial charge in [-0.15, -0.1) is 13.2 Å². The lowest BCUT2D eigenvalue weighted by Crippen LogP contribution is -2.19. The average molecular weight is 348 g/mol. The van der Waals surface area contributed by atoms with E-state index in [1.807, 2.05) is 0 Å². The van der Waals surface area contributed by atoms with Crippen molar-refractivity contribution in [2.75, 3.05) is 7.11 Å². The third kappa shape index (κ3) is 3.37. The minimum Gasteiger partial charge on any atom is -0.481 e. The fourth-order valence-corrected chi connectivity index (χ4v) is 1.73. The first kappa shape index (κ1) is 13.3. The smallest absolute Gasteiger partial charge is 0.481 e. The Balaban J connectivity index is 3.18. The second kappa shape index (κ2) is 5.04. The van der Waals surface area contributed by atoms with Gasteiger partial charge < -0.3 is 15.2 Å². The first-order valence-corrected chi connectivity index (χ1v) is 5.14. The van der Waals surface area contributed by atoms with Gasteiger partial charge in [0, 0.05) is 18.2 Å². The fraction of sp³-hybridized carbons (Fsp3) is 0.375. The van der Waals surface area contributed by atoms with Crippen molar-refractivity contribution in [1.29, 1.82) is 0 Å². The monoisotopic (exact) mass is 348 g/mol. The molecule has 0 aliphatic rings. The number of pyridine rings is 1. The summed E-state index contributed by atoms with van der Waals surface area (Å²) >= 11 is 1.77. The summed E-state index contributed by atoms with van der Waals surface area (Å²) < 4.78 is 45.2. The van der Waals surface area contributed by atoms with Gasteiger partial charge in [-0.2, -0.15) is 0 Å². The van der Waals surface area contributed by atoms with Crippen molar-refractivity contribution in [2.24, 2.45) is 5.73 Å². The number of methoxy groups -OCH3 is 1.